The maximum absolute atomic E-state index is 13.7. The molecule has 2 saturated carbocycles. The molecule has 0 aliphatic heterocycles. The van der Waals surface area contributed by atoms with Gasteiger partial charge in [-0.1, -0.05) is 11.6 Å². The van der Waals surface area contributed by atoms with Crippen molar-refractivity contribution >= 4 is 38.9 Å². The van der Waals surface area contributed by atoms with E-state index in [9.17, 15) is 41.4 Å². The lowest BCUT2D eigenvalue weighted by Gasteiger charge is -2.42. The molecular formula is C27H30ClF3N2O6S. The highest BCUT2D eigenvalue weighted by Gasteiger charge is 2.56. The average Bonchev–Trinajstić information content (AvgIpc) is 3.04. The Hall–Kier alpha value is -2.67. The number of rotatable bonds is 9. The van der Waals surface area contributed by atoms with E-state index < -0.39 is 68.2 Å². The predicted molar refractivity (Wildman–Crippen MR) is 141 cm³/mol. The first-order chi connectivity index (χ1) is 18.7. The van der Waals surface area contributed by atoms with Gasteiger partial charge in [-0.05, 0) is 80.8 Å². The van der Waals surface area contributed by atoms with Crippen molar-refractivity contribution in [2.75, 3.05) is 11.9 Å². The molecule has 2 amide bonds. The van der Waals surface area contributed by atoms with Crippen molar-refractivity contribution in [3.05, 3.63) is 58.4 Å². The van der Waals surface area contributed by atoms with Gasteiger partial charge in [0.15, 0.2) is 9.84 Å². The Bertz CT molecular complexity index is 1390. The summed E-state index contributed by atoms with van der Waals surface area (Å²) in [5, 5.41) is 24.7. The number of benzene rings is 2. The maximum Gasteiger partial charge on any atom is 0.266 e. The molecule has 0 spiro atoms. The predicted octanol–water partition coefficient (Wildman–Crippen LogP) is 4.25. The van der Waals surface area contributed by atoms with E-state index in [-0.39, 0.29) is 47.0 Å². The SMILES string of the molecule is C[C@@H](O)CNC(=O)C[C@]1(O)C2CC[C@@H]1C[C@@H](S(=O)(=O)c1cc(C(=O)Nc3ccc(F)c(C(F)F)c3)ccc1Cl)C2. The van der Waals surface area contributed by atoms with Crippen molar-refractivity contribution in [3.8, 4) is 0 Å². The number of aliphatic hydroxyl groups excluding tert-OH is 1. The summed E-state index contributed by atoms with van der Waals surface area (Å²) in [6.07, 6.45) is -2.75. The summed E-state index contributed by atoms with van der Waals surface area (Å²) in [7, 11) is -4.08. The van der Waals surface area contributed by atoms with Crippen molar-refractivity contribution in [3.63, 3.8) is 0 Å². The highest BCUT2D eigenvalue weighted by Crippen LogP contribution is 2.53. The largest absolute Gasteiger partial charge is 0.392 e. The van der Waals surface area contributed by atoms with Gasteiger partial charge < -0.3 is 20.8 Å². The van der Waals surface area contributed by atoms with E-state index >= 15 is 0 Å². The van der Waals surface area contributed by atoms with Crippen LogP contribution >= 0.6 is 11.6 Å². The number of fused-ring (bicyclic) bond motifs is 2. The number of hydrogen-bond acceptors (Lipinski definition) is 6. The van der Waals surface area contributed by atoms with Gasteiger partial charge in [-0.2, -0.15) is 0 Å². The van der Waals surface area contributed by atoms with E-state index in [1.165, 1.54) is 19.1 Å². The lowest BCUT2D eigenvalue weighted by molar-refractivity contribution is -0.133. The fraction of sp³-hybridized carbons (Fsp3) is 0.481. The third-order valence-corrected chi connectivity index (χ3v) is 10.5. The molecule has 8 nitrogen and oxygen atoms in total. The molecule has 2 aliphatic carbocycles. The van der Waals surface area contributed by atoms with Gasteiger partial charge >= 0.3 is 0 Å². The third-order valence-electron chi connectivity index (χ3n) is 7.84. The molecule has 4 rings (SSSR count). The van der Waals surface area contributed by atoms with Gasteiger partial charge in [0, 0.05) is 17.8 Å². The molecule has 13 heteroatoms. The number of sulfone groups is 1. The summed E-state index contributed by atoms with van der Waals surface area (Å²) in [5.41, 5.74) is -2.45. The highest BCUT2D eigenvalue weighted by atomic mass is 35.5. The van der Waals surface area contributed by atoms with E-state index in [0.29, 0.717) is 12.8 Å². The van der Waals surface area contributed by atoms with Gasteiger partial charge in [0.25, 0.3) is 12.3 Å². The number of nitrogens with one attached hydrogen (secondary N) is 2. The summed E-state index contributed by atoms with van der Waals surface area (Å²) in [4.78, 5) is 24.9. The fourth-order valence-electron chi connectivity index (χ4n) is 5.77. The molecule has 0 saturated heterocycles. The Balaban J connectivity index is 1.52. The molecule has 5 atom stereocenters. The van der Waals surface area contributed by atoms with Gasteiger partial charge in [-0.3, -0.25) is 9.59 Å². The Morgan fingerprint density at radius 1 is 1.12 bits per heavy atom. The number of halogens is 4. The molecule has 4 N–H and O–H groups in total. The van der Waals surface area contributed by atoms with Crippen LogP contribution in [0.25, 0.3) is 0 Å². The van der Waals surface area contributed by atoms with Crippen LogP contribution in [0.5, 0.6) is 0 Å². The third kappa shape index (κ3) is 6.14. The van der Waals surface area contributed by atoms with E-state index in [0.717, 1.165) is 24.3 Å². The number of amides is 2. The maximum atomic E-state index is 13.7. The van der Waals surface area contributed by atoms with Crippen LogP contribution < -0.4 is 10.6 Å². The Morgan fingerprint density at radius 3 is 2.38 bits per heavy atom. The van der Waals surface area contributed by atoms with Crippen molar-refractivity contribution < 1.29 is 41.4 Å². The monoisotopic (exact) mass is 602 g/mol. The van der Waals surface area contributed by atoms with Gasteiger partial charge in [0.05, 0.1) is 38.9 Å². The second-order valence-electron chi connectivity index (χ2n) is 10.6. The molecule has 2 aromatic carbocycles. The summed E-state index contributed by atoms with van der Waals surface area (Å²) in [6, 6.07) is 6.34. The minimum atomic E-state index is -4.08. The zero-order valence-corrected chi connectivity index (χ0v) is 23.1. The zero-order chi connectivity index (χ0) is 29.4. The minimum Gasteiger partial charge on any atom is -0.392 e. The number of hydrogen-bond donors (Lipinski definition) is 4. The molecule has 40 heavy (non-hydrogen) atoms. The van der Waals surface area contributed by atoms with Crippen molar-refractivity contribution in [1.29, 1.82) is 0 Å². The zero-order valence-electron chi connectivity index (χ0n) is 21.5. The van der Waals surface area contributed by atoms with Gasteiger partial charge in [-0.25, -0.2) is 21.6 Å². The van der Waals surface area contributed by atoms with Crippen LogP contribution in [0, 0.1) is 17.7 Å². The second-order valence-corrected chi connectivity index (χ2v) is 13.2. The van der Waals surface area contributed by atoms with E-state index in [4.69, 9.17) is 11.6 Å². The van der Waals surface area contributed by atoms with Crippen molar-refractivity contribution in [1.82, 2.24) is 5.32 Å². The molecule has 0 radical (unpaired) electrons. The van der Waals surface area contributed by atoms with E-state index in [2.05, 4.69) is 10.6 Å². The number of alkyl halides is 2. The number of anilines is 1. The molecule has 0 heterocycles. The van der Waals surface area contributed by atoms with Crippen molar-refractivity contribution in [2.24, 2.45) is 11.8 Å². The normalized spacial score (nSPS) is 25.1. The molecule has 2 aromatic rings. The van der Waals surface area contributed by atoms with Crippen LogP contribution in [-0.4, -0.2) is 53.9 Å². The van der Waals surface area contributed by atoms with Crippen LogP contribution in [-0.2, 0) is 14.6 Å². The standard InChI is InChI=1S/C27H30ClF3N2O6S/c1-14(34)13-32-24(35)12-27(37)16-3-4-17(27)10-19(9-16)40(38,39)23-8-15(2-6-21(23)28)26(36)33-18-5-7-22(29)20(11-18)25(30)31/h2,5-8,11,14,16-17,19,25,34,37H,3-4,9-10,12-13H2,1H3,(H,32,35)(H,33,36)/t14-,16-,17?,19-,27-/m1/s1. The number of aliphatic hydroxyl groups is 2. The second kappa shape index (κ2) is 11.7. The smallest absolute Gasteiger partial charge is 0.266 e. The highest BCUT2D eigenvalue weighted by molar-refractivity contribution is 7.92. The molecule has 2 fully saturated rings. The van der Waals surface area contributed by atoms with Crippen LogP contribution in [0.3, 0.4) is 0 Å². The molecule has 218 valence electrons. The van der Waals surface area contributed by atoms with Gasteiger partial charge in [0.2, 0.25) is 5.91 Å². The first kappa shape index (κ1) is 30.3. The molecule has 2 bridgehead atoms. The van der Waals surface area contributed by atoms with Crippen molar-refractivity contribution in [2.45, 2.75) is 67.3 Å². The first-order valence-electron chi connectivity index (χ1n) is 12.8. The summed E-state index contributed by atoms with van der Waals surface area (Å²) in [6.45, 7) is 1.56. The quantitative estimate of drug-likeness (QED) is 0.339. The summed E-state index contributed by atoms with van der Waals surface area (Å²) < 4.78 is 67.1. The molecular weight excluding hydrogens is 573 g/mol. The van der Waals surface area contributed by atoms with Gasteiger partial charge in [0.1, 0.15) is 5.82 Å². The number of carbonyl (C=O) groups excluding carboxylic acids is 2. The molecule has 2 aliphatic rings. The Morgan fingerprint density at radius 2 is 1.77 bits per heavy atom. The van der Waals surface area contributed by atoms with E-state index in [1.54, 1.807) is 0 Å². The van der Waals surface area contributed by atoms with E-state index in [1.807, 2.05) is 0 Å². The Kier molecular flexibility index (Phi) is 8.84. The van der Waals surface area contributed by atoms with Crippen LogP contribution in [0.15, 0.2) is 41.3 Å². The number of carbonyl (C=O) groups is 2. The van der Waals surface area contributed by atoms with Gasteiger partial charge in [-0.15, -0.1) is 0 Å². The lowest BCUT2D eigenvalue weighted by Crippen LogP contribution is -2.51. The average molecular weight is 603 g/mol. The lowest BCUT2D eigenvalue weighted by atomic mass is 9.72. The minimum absolute atomic E-state index is 0.0399. The van der Waals surface area contributed by atoms with Crippen LogP contribution in [0.2, 0.25) is 5.02 Å². The van der Waals surface area contributed by atoms with Crippen LogP contribution in [0.4, 0.5) is 18.9 Å². The summed E-state index contributed by atoms with van der Waals surface area (Å²) in [5.74, 6) is -3.25. The Labute approximate surface area is 234 Å². The molecule has 1 unspecified atom stereocenters. The topological polar surface area (TPSA) is 133 Å². The first-order valence-corrected chi connectivity index (χ1v) is 14.7. The van der Waals surface area contributed by atoms with Crippen LogP contribution in [0.1, 0.15) is 61.4 Å². The fourth-order valence-corrected chi connectivity index (χ4v) is 8.17. The molecule has 0 aromatic heterocycles. The summed E-state index contributed by atoms with van der Waals surface area (Å²) >= 11 is 6.25.